The Labute approximate surface area is 298 Å². The van der Waals surface area contributed by atoms with Crippen molar-refractivity contribution in [2.45, 2.75) is 11.2 Å². The molecular weight excluding hydrogens is 724 g/mol. The molecule has 0 aliphatic rings. The Morgan fingerprint density at radius 3 is 1.29 bits per heavy atom. The molecule has 4 aromatic carbocycles. The standard InChI is InChI=1S/C10H11BrO3.C10H12O3.C8H7ClO2.C8H8O3/c1-13-8-5-3-7(4-6-8)9(11)10(12)14-2;1-12-9-5-3-8(4-6-9)7-10(11)13-2;2*1-11-7-4-2-6(3-5-7)8(9)10/h3-6,9H,1-2H3;3-6H,7H2,1-2H3;2-5H,1H3;2-5H,1H3,(H,9,10). The van der Waals surface area contributed by atoms with Crippen molar-refractivity contribution in [1.29, 1.82) is 0 Å². The van der Waals surface area contributed by atoms with Crippen molar-refractivity contribution in [1.82, 2.24) is 0 Å². The minimum absolute atomic E-state index is 0.231. The summed E-state index contributed by atoms with van der Waals surface area (Å²) < 4.78 is 28.9. The molecule has 0 heterocycles. The second kappa shape index (κ2) is 23.3. The van der Waals surface area contributed by atoms with E-state index in [4.69, 9.17) is 35.7 Å². The first-order chi connectivity index (χ1) is 23.4. The molecule has 0 spiro atoms. The topological polar surface area (TPSA) is 144 Å². The SMILES string of the molecule is COC(=O)C(Br)c1ccc(OC)cc1.COC(=O)Cc1ccc(OC)cc1.COc1ccc(C(=O)Cl)cc1.COc1ccc(C(=O)O)cc1. The average Bonchev–Trinajstić information content (AvgIpc) is 3.15. The summed E-state index contributed by atoms with van der Waals surface area (Å²) >= 11 is 8.46. The Morgan fingerprint density at radius 1 is 0.592 bits per heavy atom. The van der Waals surface area contributed by atoms with E-state index in [9.17, 15) is 19.2 Å². The molecule has 0 fully saturated rings. The van der Waals surface area contributed by atoms with Crippen LogP contribution in [0.3, 0.4) is 0 Å². The van der Waals surface area contributed by atoms with E-state index in [1.807, 2.05) is 36.4 Å². The third kappa shape index (κ3) is 16.1. The zero-order chi connectivity index (χ0) is 36.8. The van der Waals surface area contributed by atoms with Crippen molar-refractivity contribution in [2.75, 3.05) is 42.7 Å². The van der Waals surface area contributed by atoms with Crippen molar-refractivity contribution in [3.8, 4) is 23.0 Å². The molecule has 0 amide bonds. The van der Waals surface area contributed by atoms with Gasteiger partial charge in [-0.05, 0) is 95.5 Å². The number of carboxylic acids is 1. The number of aromatic carboxylic acids is 1. The minimum Gasteiger partial charge on any atom is -0.497 e. The molecule has 0 saturated heterocycles. The van der Waals surface area contributed by atoms with E-state index < -0.39 is 16.0 Å². The molecule has 1 unspecified atom stereocenters. The highest BCUT2D eigenvalue weighted by molar-refractivity contribution is 9.09. The fourth-order valence-electron chi connectivity index (χ4n) is 3.45. The number of carbonyl (C=O) groups is 4. The molecule has 0 bridgehead atoms. The maximum Gasteiger partial charge on any atom is 0.335 e. The van der Waals surface area contributed by atoms with Gasteiger partial charge in [-0.2, -0.15) is 0 Å². The summed E-state index contributed by atoms with van der Waals surface area (Å²) in [7, 11) is 9.05. The van der Waals surface area contributed by atoms with Crippen molar-refractivity contribution < 1.29 is 52.7 Å². The summed E-state index contributed by atoms with van der Waals surface area (Å²) in [5.74, 6) is 1.46. The van der Waals surface area contributed by atoms with Crippen LogP contribution in [0.4, 0.5) is 0 Å². The maximum absolute atomic E-state index is 11.2. The van der Waals surface area contributed by atoms with Crippen molar-refractivity contribution in [2.24, 2.45) is 0 Å². The smallest absolute Gasteiger partial charge is 0.335 e. The first kappa shape index (κ1) is 42.0. The molecule has 1 atom stereocenters. The van der Waals surface area contributed by atoms with E-state index in [0.29, 0.717) is 23.5 Å². The third-order valence-electron chi connectivity index (χ3n) is 6.21. The lowest BCUT2D eigenvalue weighted by molar-refractivity contribution is -0.140. The summed E-state index contributed by atoms with van der Waals surface area (Å²) in [4.78, 5) is 42.6. The molecule has 0 aromatic heterocycles. The first-order valence-electron chi connectivity index (χ1n) is 14.2. The van der Waals surface area contributed by atoms with Gasteiger partial charge < -0.3 is 33.5 Å². The van der Waals surface area contributed by atoms with Gasteiger partial charge in [0, 0.05) is 5.56 Å². The second-order valence-corrected chi connectivity index (χ2v) is 10.6. The zero-order valence-electron chi connectivity index (χ0n) is 27.8. The molecule has 0 aliphatic heterocycles. The third-order valence-corrected chi connectivity index (χ3v) is 7.33. The molecule has 0 aliphatic carbocycles. The van der Waals surface area contributed by atoms with Crippen LogP contribution in [0.15, 0.2) is 97.1 Å². The van der Waals surface area contributed by atoms with Crippen LogP contribution < -0.4 is 18.9 Å². The number of carboxylic acid groups (broad SMARTS) is 1. The van der Waals surface area contributed by atoms with Crippen LogP contribution in [-0.4, -0.2) is 70.9 Å². The normalized spacial score (nSPS) is 10.0. The van der Waals surface area contributed by atoms with Gasteiger partial charge in [-0.1, -0.05) is 40.2 Å². The highest BCUT2D eigenvalue weighted by atomic mass is 79.9. The van der Waals surface area contributed by atoms with Gasteiger partial charge in [0.2, 0.25) is 0 Å². The van der Waals surface area contributed by atoms with E-state index in [1.54, 1.807) is 69.9 Å². The molecule has 4 rings (SSSR count). The molecule has 11 nitrogen and oxygen atoms in total. The molecule has 0 saturated carbocycles. The van der Waals surface area contributed by atoms with Gasteiger partial charge >= 0.3 is 17.9 Å². The molecule has 262 valence electrons. The number of carbonyl (C=O) groups excluding carboxylic acids is 3. The van der Waals surface area contributed by atoms with Crippen molar-refractivity contribution in [3.63, 3.8) is 0 Å². The summed E-state index contributed by atoms with van der Waals surface area (Å²) in [6, 6.07) is 27.4. The van der Waals surface area contributed by atoms with Crippen LogP contribution >= 0.6 is 27.5 Å². The monoisotopic (exact) mass is 760 g/mol. The Bertz CT molecular complexity index is 1520. The van der Waals surface area contributed by atoms with E-state index in [-0.39, 0.29) is 17.5 Å². The fourth-order valence-corrected chi connectivity index (χ4v) is 4.07. The summed E-state index contributed by atoms with van der Waals surface area (Å²) in [6.07, 6.45) is 0.306. The highest BCUT2D eigenvalue weighted by Gasteiger charge is 2.17. The molecule has 1 N–H and O–H groups in total. The van der Waals surface area contributed by atoms with Crippen LogP contribution in [0.5, 0.6) is 23.0 Å². The second-order valence-electron chi connectivity index (χ2n) is 9.30. The number of hydrogen-bond acceptors (Lipinski definition) is 10. The lowest BCUT2D eigenvalue weighted by atomic mass is 10.1. The van der Waals surface area contributed by atoms with Crippen LogP contribution in [0, 0.1) is 0 Å². The molecular formula is C36H38BrClO11. The van der Waals surface area contributed by atoms with Gasteiger partial charge in [-0.25, -0.2) is 4.79 Å². The number of ether oxygens (including phenoxy) is 6. The summed E-state index contributed by atoms with van der Waals surface area (Å²) in [5.41, 5.74) is 2.52. The van der Waals surface area contributed by atoms with Gasteiger partial charge in [0.05, 0.1) is 54.6 Å². The number of benzene rings is 4. The number of methoxy groups -OCH3 is 6. The quantitative estimate of drug-likeness (QED) is 0.0997. The summed E-state index contributed by atoms with van der Waals surface area (Å²) in [6.45, 7) is 0. The molecule has 4 aromatic rings. The van der Waals surface area contributed by atoms with E-state index in [1.165, 1.54) is 33.5 Å². The maximum atomic E-state index is 11.2. The summed E-state index contributed by atoms with van der Waals surface area (Å²) in [5, 5.41) is 8.06. The largest absolute Gasteiger partial charge is 0.497 e. The van der Waals surface area contributed by atoms with Gasteiger partial charge in [-0.3, -0.25) is 14.4 Å². The minimum atomic E-state index is -0.923. The Balaban J connectivity index is 0.000000328. The number of esters is 2. The van der Waals surface area contributed by atoms with E-state index in [2.05, 4.69) is 25.4 Å². The molecule has 49 heavy (non-hydrogen) atoms. The van der Waals surface area contributed by atoms with Crippen molar-refractivity contribution in [3.05, 3.63) is 119 Å². The van der Waals surface area contributed by atoms with Crippen LogP contribution in [-0.2, 0) is 25.5 Å². The first-order valence-corrected chi connectivity index (χ1v) is 15.5. The highest BCUT2D eigenvalue weighted by Crippen LogP contribution is 2.25. The lowest BCUT2D eigenvalue weighted by Crippen LogP contribution is -2.07. The number of rotatable bonds is 10. The van der Waals surface area contributed by atoms with Crippen LogP contribution in [0.25, 0.3) is 0 Å². The fraction of sp³-hybridized carbons (Fsp3) is 0.222. The Morgan fingerprint density at radius 2 is 0.959 bits per heavy atom. The van der Waals surface area contributed by atoms with E-state index in [0.717, 1.165) is 22.6 Å². The van der Waals surface area contributed by atoms with Crippen LogP contribution in [0.1, 0.15) is 36.7 Å². The molecule has 0 radical (unpaired) electrons. The van der Waals surface area contributed by atoms with Crippen molar-refractivity contribution >= 4 is 50.7 Å². The Hall–Kier alpha value is -5.07. The lowest BCUT2D eigenvalue weighted by Gasteiger charge is -2.08. The zero-order valence-corrected chi connectivity index (χ0v) is 30.1. The predicted octanol–water partition coefficient (Wildman–Crippen LogP) is 7.18. The van der Waals surface area contributed by atoms with E-state index >= 15 is 0 Å². The predicted molar refractivity (Wildman–Crippen MR) is 189 cm³/mol. The number of hydrogen-bond donors (Lipinski definition) is 1. The Kier molecular flexibility index (Phi) is 19.9. The average molecular weight is 762 g/mol. The van der Waals surface area contributed by atoms with Gasteiger partial charge in [-0.15, -0.1) is 0 Å². The van der Waals surface area contributed by atoms with Gasteiger partial charge in [0.15, 0.2) is 0 Å². The van der Waals surface area contributed by atoms with Gasteiger partial charge in [0.1, 0.15) is 27.8 Å². The van der Waals surface area contributed by atoms with Gasteiger partial charge in [0.25, 0.3) is 5.24 Å². The number of halogens is 2. The molecule has 13 heteroatoms. The van der Waals surface area contributed by atoms with Crippen LogP contribution in [0.2, 0.25) is 0 Å². The number of alkyl halides is 1.